The third kappa shape index (κ3) is 13.0. The third-order valence-corrected chi connectivity index (χ3v) is 8.19. The Hall–Kier alpha value is -2.01. The van der Waals surface area contributed by atoms with Crippen molar-refractivity contribution in [2.75, 3.05) is 126 Å². The van der Waals surface area contributed by atoms with Gasteiger partial charge in [-0.1, -0.05) is 12.2 Å². The van der Waals surface area contributed by atoms with Crippen LogP contribution >= 0.6 is 0 Å². The average Bonchev–Trinajstić information content (AvgIpc) is 3.29. The summed E-state index contributed by atoms with van der Waals surface area (Å²) in [5, 5.41) is 9.89. The number of methoxy groups -OCH3 is 1. The van der Waals surface area contributed by atoms with Crippen LogP contribution in [0.5, 0.6) is 0 Å². The van der Waals surface area contributed by atoms with Gasteiger partial charge in [-0.15, -0.1) is 0 Å². The number of rotatable bonds is 26. The number of hydrogen-bond acceptors (Lipinski definition) is 12. The van der Waals surface area contributed by atoms with Crippen molar-refractivity contribution < 1.29 is 57.4 Å². The van der Waals surface area contributed by atoms with Gasteiger partial charge in [0.25, 0.3) is 0 Å². The molecular formula is C31H52N2O12. The first-order chi connectivity index (χ1) is 22.0. The van der Waals surface area contributed by atoms with Gasteiger partial charge in [-0.05, 0) is 25.7 Å². The zero-order valence-corrected chi connectivity index (χ0v) is 26.7. The molecule has 2 atom stereocenters. The van der Waals surface area contributed by atoms with Crippen molar-refractivity contribution in [3.8, 4) is 0 Å². The zero-order chi connectivity index (χ0) is 32.2. The number of likely N-dealkylation sites (tertiary alicyclic amines) is 2. The lowest BCUT2D eigenvalue weighted by Gasteiger charge is -2.39. The van der Waals surface area contributed by atoms with Crippen LogP contribution in [0.2, 0.25) is 0 Å². The molecule has 14 heteroatoms. The van der Waals surface area contributed by atoms with E-state index in [1.165, 1.54) is 4.90 Å². The maximum Gasteiger partial charge on any atom is 0.336 e. The fraction of sp³-hybridized carbons (Fsp3) is 0.839. The first-order valence-corrected chi connectivity index (χ1v) is 16.0. The van der Waals surface area contributed by atoms with E-state index in [4.69, 9.17) is 37.9 Å². The number of fused-ring (bicyclic) bond motifs is 1. The molecule has 0 radical (unpaired) electrons. The first-order valence-electron chi connectivity index (χ1n) is 16.0. The Kier molecular flexibility index (Phi) is 18.1. The van der Waals surface area contributed by atoms with E-state index in [0.717, 1.165) is 0 Å². The van der Waals surface area contributed by atoms with Crippen molar-refractivity contribution in [3.05, 3.63) is 12.2 Å². The van der Waals surface area contributed by atoms with Crippen molar-refractivity contribution >= 4 is 17.8 Å². The molecular weight excluding hydrogens is 592 g/mol. The van der Waals surface area contributed by atoms with E-state index in [-0.39, 0.29) is 36.9 Å². The number of hydrogen-bond donors (Lipinski definition) is 1. The molecule has 3 rings (SSSR count). The molecule has 0 aromatic rings. The van der Waals surface area contributed by atoms with E-state index in [1.807, 2.05) is 12.2 Å². The van der Waals surface area contributed by atoms with E-state index >= 15 is 0 Å². The third-order valence-electron chi connectivity index (χ3n) is 8.19. The van der Waals surface area contributed by atoms with Crippen LogP contribution in [-0.4, -0.2) is 164 Å². The summed E-state index contributed by atoms with van der Waals surface area (Å²) in [4.78, 5) is 41.0. The number of carbonyl (C=O) groups excluding carboxylic acids is 2. The van der Waals surface area contributed by atoms with Crippen LogP contribution in [0.15, 0.2) is 12.2 Å². The highest BCUT2D eigenvalue weighted by atomic mass is 16.6. The molecule has 0 aromatic carbocycles. The van der Waals surface area contributed by atoms with Crippen LogP contribution in [0.3, 0.4) is 0 Å². The van der Waals surface area contributed by atoms with Crippen LogP contribution < -0.4 is 0 Å². The van der Waals surface area contributed by atoms with Crippen molar-refractivity contribution in [3.63, 3.8) is 0 Å². The molecule has 45 heavy (non-hydrogen) atoms. The molecule has 14 nitrogen and oxygen atoms in total. The molecule has 0 saturated carbocycles. The smallest absolute Gasteiger partial charge is 0.336 e. The normalized spacial score (nSPS) is 21.5. The molecule has 2 amide bonds. The second-order valence-electron chi connectivity index (χ2n) is 11.1. The second-order valence-corrected chi connectivity index (χ2v) is 11.1. The second kappa shape index (κ2) is 21.7. The van der Waals surface area contributed by atoms with Crippen molar-refractivity contribution in [2.24, 2.45) is 11.8 Å². The number of ether oxygens (including phenoxy) is 8. The molecule has 2 aliphatic heterocycles. The van der Waals surface area contributed by atoms with Gasteiger partial charge in [-0.3, -0.25) is 14.5 Å². The van der Waals surface area contributed by atoms with Gasteiger partial charge in [0.15, 0.2) is 5.60 Å². The lowest BCUT2D eigenvalue weighted by Crippen LogP contribution is -2.52. The average molecular weight is 645 g/mol. The van der Waals surface area contributed by atoms with E-state index in [0.29, 0.717) is 131 Å². The Morgan fingerprint density at radius 1 is 0.689 bits per heavy atom. The molecule has 0 aromatic heterocycles. The minimum atomic E-state index is -1.26. The Morgan fingerprint density at radius 3 is 1.49 bits per heavy atom. The lowest BCUT2D eigenvalue weighted by molar-refractivity contribution is -0.175. The number of amides is 2. The van der Waals surface area contributed by atoms with Gasteiger partial charge in [0, 0.05) is 33.3 Å². The van der Waals surface area contributed by atoms with E-state index in [9.17, 15) is 19.5 Å². The summed E-state index contributed by atoms with van der Waals surface area (Å²) >= 11 is 0. The van der Waals surface area contributed by atoms with Gasteiger partial charge >= 0.3 is 5.97 Å². The lowest BCUT2D eigenvalue weighted by atomic mass is 9.85. The fourth-order valence-electron chi connectivity index (χ4n) is 5.53. The highest BCUT2D eigenvalue weighted by molar-refractivity contribution is 6.05. The van der Waals surface area contributed by atoms with Crippen LogP contribution in [-0.2, 0) is 52.3 Å². The van der Waals surface area contributed by atoms with Crippen LogP contribution in [0.25, 0.3) is 0 Å². The number of nitrogens with zero attached hydrogens (tertiary/aromatic N) is 2. The molecule has 0 spiro atoms. The van der Waals surface area contributed by atoms with Crippen molar-refractivity contribution in [2.45, 2.75) is 31.3 Å². The standard InChI is InChI=1S/C31H52N2O12/c1-38-12-13-39-14-15-40-16-17-41-18-19-42-20-21-43-22-23-44-24-25-45-31(30(36)37)6-8-32(9-7-31)10-11-33-28(34)26-4-2-3-5-27(26)29(33)35/h2-3,26-27H,4-25H2,1H3,(H,36,37). The predicted molar refractivity (Wildman–Crippen MR) is 161 cm³/mol. The number of allylic oxidation sites excluding steroid dienone is 2. The SMILES string of the molecule is COCCOCCOCCOCCOCCOCCOCCOC1(C(=O)O)CCN(CCN2C(=O)C3CC=CCC3C2=O)CC1. The monoisotopic (exact) mass is 644 g/mol. The molecule has 258 valence electrons. The minimum absolute atomic E-state index is 0.0795. The van der Waals surface area contributed by atoms with Crippen LogP contribution in [0.1, 0.15) is 25.7 Å². The van der Waals surface area contributed by atoms with Gasteiger partial charge in [-0.25, -0.2) is 4.79 Å². The number of aliphatic carboxylic acids is 1. The summed E-state index contributed by atoms with van der Waals surface area (Å²) in [6.07, 6.45) is 5.86. The number of carboxylic acid groups (broad SMARTS) is 1. The number of carbonyl (C=O) groups is 3. The molecule has 3 aliphatic rings. The molecule has 1 N–H and O–H groups in total. The van der Waals surface area contributed by atoms with Gasteiger partial charge < -0.3 is 47.9 Å². The summed E-state index contributed by atoms with van der Waals surface area (Å²) in [6.45, 7) is 8.11. The Balaban J connectivity index is 1.12. The molecule has 2 fully saturated rings. The largest absolute Gasteiger partial charge is 0.479 e. The Bertz CT molecular complexity index is 870. The molecule has 2 saturated heterocycles. The fourth-order valence-corrected chi connectivity index (χ4v) is 5.53. The summed E-state index contributed by atoms with van der Waals surface area (Å²) in [7, 11) is 1.63. The van der Waals surface area contributed by atoms with E-state index in [1.54, 1.807) is 7.11 Å². The minimum Gasteiger partial charge on any atom is -0.479 e. The maximum absolute atomic E-state index is 12.7. The van der Waals surface area contributed by atoms with Crippen LogP contribution in [0.4, 0.5) is 0 Å². The van der Waals surface area contributed by atoms with Crippen molar-refractivity contribution in [1.82, 2.24) is 9.80 Å². The maximum atomic E-state index is 12.7. The van der Waals surface area contributed by atoms with Crippen LogP contribution in [0, 0.1) is 11.8 Å². The topological polar surface area (TPSA) is 152 Å². The predicted octanol–water partition coefficient (Wildman–Crippen LogP) is 0.619. The molecule has 2 heterocycles. The van der Waals surface area contributed by atoms with Crippen molar-refractivity contribution in [1.29, 1.82) is 0 Å². The summed E-state index contributed by atoms with van der Waals surface area (Å²) in [5.41, 5.74) is -1.26. The zero-order valence-electron chi connectivity index (χ0n) is 26.7. The molecule has 1 aliphatic carbocycles. The Labute approximate surface area is 266 Å². The van der Waals surface area contributed by atoms with Gasteiger partial charge in [0.2, 0.25) is 11.8 Å². The van der Waals surface area contributed by atoms with Gasteiger partial charge in [-0.2, -0.15) is 0 Å². The summed E-state index contributed by atoms with van der Waals surface area (Å²) in [6, 6.07) is 0. The van der Waals surface area contributed by atoms with Gasteiger partial charge in [0.1, 0.15) is 0 Å². The highest BCUT2D eigenvalue weighted by Gasteiger charge is 2.47. The van der Waals surface area contributed by atoms with E-state index < -0.39 is 11.6 Å². The Morgan fingerprint density at radius 2 is 1.09 bits per heavy atom. The summed E-state index contributed by atoms with van der Waals surface area (Å²) in [5.74, 6) is -1.59. The summed E-state index contributed by atoms with van der Waals surface area (Å²) < 4.78 is 43.3. The number of imide groups is 1. The number of piperidine rings is 1. The molecule has 2 unspecified atom stereocenters. The quantitative estimate of drug-likeness (QED) is 0.0797. The van der Waals surface area contributed by atoms with E-state index in [2.05, 4.69) is 4.90 Å². The van der Waals surface area contributed by atoms with Gasteiger partial charge in [0.05, 0.1) is 104 Å². The highest BCUT2D eigenvalue weighted by Crippen LogP contribution is 2.35. The number of carboxylic acids is 1. The first kappa shape index (κ1) is 37.4. The molecule has 0 bridgehead atoms.